The maximum Gasteiger partial charge on any atom is 0.409 e. The van der Waals surface area contributed by atoms with E-state index in [1.807, 2.05) is 0 Å². The summed E-state index contributed by atoms with van der Waals surface area (Å²) >= 11 is 0.538. The Balaban J connectivity index is 2.56. The van der Waals surface area contributed by atoms with Gasteiger partial charge >= 0.3 is 6.18 Å². The second-order valence-corrected chi connectivity index (χ2v) is 7.81. The molecule has 1 atom stereocenters. The van der Waals surface area contributed by atoms with Crippen LogP contribution in [0.3, 0.4) is 0 Å². The summed E-state index contributed by atoms with van der Waals surface area (Å²) in [4.78, 5) is 3.58. The van der Waals surface area contributed by atoms with E-state index in [1.165, 1.54) is 31.2 Å². The van der Waals surface area contributed by atoms with Crippen LogP contribution in [0.25, 0.3) is 0 Å². The third-order valence-corrected chi connectivity index (χ3v) is 6.45. The van der Waals surface area contributed by atoms with Crippen LogP contribution in [0.4, 0.5) is 13.2 Å². The Labute approximate surface area is 141 Å². The number of benzene rings is 1. The standard InChI is InChI=1S/C14H12F3N3O2S2/c1-2-20(24(21,22)12-9-19-11(8-18)23-12)13(14(15,16)17)10-6-4-3-5-7-10/h3-7,9,13H,2H2,1H3. The van der Waals surface area contributed by atoms with Crippen molar-refractivity contribution in [3.8, 4) is 6.07 Å². The molecule has 10 heteroatoms. The number of nitrogens with zero attached hydrogens (tertiary/aromatic N) is 3. The Bertz CT molecular complexity index is 842. The Morgan fingerprint density at radius 1 is 1.33 bits per heavy atom. The number of alkyl halides is 3. The molecule has 0 bridgehead atoms. The fourth-order valence-corrected chi connectivity index (χ4v) is 4.86. The number of thiazole rings is 1. The monoisotopic (exact) mass is 375 g/mol. The van der Waals surface area contributed by atoms with Crippen molar-refractivity contribution < 1.29 is 21.6 Å². The first-order valence-electron chi connectivity index (χ1n) is 6.71. The van der Waals surface area contributed by atoms with Gasteiger partial charge in [-0.2, -0.15) is 22.7 Å². The zero-order valence-corrected chi connectivity index (χ0v) is 14.0. The maximum atomic E-state index is 13.6. The molecular formula is C14H12F3N3O2S2. The molecule has 24 heavy (non-hydrogen) atoms. The van der Waals surface area contributed by atoms with Gasteiger partial charge in [-0.15, -0.1) is 0 Å². The third kappa shape index (κ3) is 3.58. The predicted octanol–water partition coefficient (Wildman–Crippen LogP) is 3.33. The van der Waals surface area contributed by atoms with Crippen LogP contribution in [0.2, 0.25) is 0 Å². The lowest BCUT2D eigenvalue weighted by atomic mass is 10.1. The molecule has 0 aliphatic carbocycles. The third-order valence-electron chi connectivity index (χ3n) is 3.17. The van der Waals surface area contributed by atoms with Gasteiger partial charge < -0.3 is 0 Å². The molecule has 128 valence electrons. The van der Waals surface area contributed by atoms with Gasteiger partial charge in [-0.1, -0.05) is 48.6 Å². The van der Waals surface area contributed by atoms with E-state index in [-0.39, 0.29) is 17.1 Å². The minimum Gasteiger partial charge on any atom is -0.233 e. The SMILES string of the molecule is CCN(C(c1ccccc1)C(F)(F)F)S(=O)(=O)c1cnc(C#N)s1. The molecule has 2 rings (SSSR count). The topological polar surface area (TPSA) is 74.1 Å². The molecule has 1 aromatic carbocycles. The van der Waals surface area contributed by atoms with Crippen molar-refractivity contribution in [3.63, 3.8) is 0 Å². The number of hydrogen-bond donors (Lipinski definition) is 0. The van der Waals surface area contributed by atoms with Crippen molar-refractivity contribution in [2.24, 2.45) is 0 Å². The summed E-state index contributed by atoms with van der Waals surface area (Å²) in [7, 11) is -4.45. The lowest BCUT2D eigenvalue weighted by molar-refractivity contribution is -0.173. The van der Waals surface area contributed by atoms with Crippen LogP contribution in [-0.4, -0.2) is 30.4 Å². The lowest BCUT2D eigenvalue weighted by Crippen LogP contribution is -2.42. The van der Waals surface area contributed by atoms with Crippen LogP contribution < -0.4 is 0 Å². The van der Waals surface area contributed by atoms with E-state index >= 15 is 0 Å². The van der Waals surface area contributed by atoms with Crippen LogP contribution >= 0.6 is 11.3 Å². The number of rotatable bonds is 5. The normalized spacial score (nSPS) is 13.7. The maximum absolute atomic E-state index is 13.6. The van der Waals surface area contributed by atoms with Crippen molar-refractivity contribution in [1.29, 1.82) is 5.26 Å². The Morgan fingerprint density at radius 2 is 1.96 bits per heavy atom. The molecule has 0 N–H and O–H groups in total. The minimum atomic E-state index is -4.80. The predicted molar refractivity (Wildman–Crippen MR) is 81.6 cm³/mol. The lowest BCUT2D eigenvalue weighted by Gasteiger charge is -2.31. The van der Waals surface area contributed by atoms with Crippen LogP contribution in [0.5, 0.6) is 0 Å². The Kier molecular flexibility index (Phi) is 5.27. The van der Waals surface area contributed by atoms with Gasteiger partial charge in [0.2, 0.25) is 0 Å². The summed E-state index contributed by atoms with van der Waals surface area (Å²) in [6.45, 7) is 0.937. The first-order valence-corrected chi connectivity index (χ1v) is 8.97. The fraction of sp³-hybridized carbons (Fsp3) is 0.286. The highest BCUT2D eigenvalue weighted by Crippen LogP contribution is 2.40. The summed E-state index contributed by atoms with van der Waals surface area (Å²) in [6, 6.07) is 6.17. The summed E-state index contributed by atoms with van der Waals surface area (Å²) in [5.74, 6) is 0. The van der Waals surface area contributed by atoms with E-state index in [0.29, 0.717) is 15.6 Å². The molecule has 0 saturated carbocycles. The second-order valence-electron chi connectivity index (χ2n) is 4.66. The van der Waals surface area contributed by atoms with E-state index in [2.05, 4.69) is 4.98 Å². The van der Waals surface area contributed by atoms with E-state index in [9.17, 15) is 21.6 Å². The van der Waals surface area contributed by atoms with Crippen molar-refractivity contribution in [2.75, 3.05) is 6.54 Å². The van der Waals surface area contributed by atoms with Crippen molar-refractivity contribution in [3.05, 3.63) is 47.1 Å². The van der Waals surface area contributed by atoms with Crippen molar-refractivity contribution in [1.82, 2.24) is 9.29 Å². The molecule has 1 heterocycles. The van der Waals surface area contributed by atoms with Gasteiger partial charge in [-0.05, 0) is 5.56 Å². The van der Waals surface area contributed by atoms with Gasteiger partial charge in [0, 0.05) is 6.54 Å². The van der Waals surface area contributed by atoms with Crippen molar-refractivity contribution >= 4 is 21.4 Å². The van der Waals surface area contributed by atoms with Gasteiger partial charge in [0.15, 0.2) is 9.22 Å². The molecule has 0 amide bonds. The van der Waals surface area contributed by atoms with Gasteiger partial charge in [0.25, 0.3) is 10.0 Å². The first kappa shape index (κ1) is 18.4. The molecule has 0 fully saturated rings. The zero-order chi connectivity index (χ0) is 18.0. The number of nitriles is 1. The Morgan fingerprint density at radius 3 is 2.42 bits per heavy atom. The minimum absolute atomic E-state index is 0.132. The van der Waals surface area contributed by atoms with Gasteiger partial charge in [-0.25, -0.2) is 13.4 Å². The molecule has 0 aliphatic rings. The summed E-state index contributed by atoms with van der Waals surface area (Å²) in [5.41, 5.74) is -0.180. The number of hydrogen-bond acceptors (Lipinski definition) is 5. The van der Waals surface area contributed by atoms with Gasteiger partial charge in [0.05, 0.1) is 6.20 Å². The fourth-order valence-electron chi connectivity index (χ4n) is 2.19. The van der Waals surface area contributed by atoms with E-state index in [0.717, 1.165) is 6.20 Å². The van der Waals surface area contributed by atoms with Gasteiger partial charge in [0.1, 0.15) is 12.1 Å². The molecule has 0 spiro atoms. The smallest absolute Gasteiger partial charge is 0.233 e. The highest BCUT2D eigenvalue weighted by Gasteiger charge is 2.49. The summed E-state index contributed by atoms with van der Waals surface area (Å²) < 4.78 is 66.0. The number of sulfonamides is 1. The second kappa shape index (κ2) is 6.88. The molecule has 2 aromatic rings. The molecule has 0 radical (unpaired) electrons. The quantitative estimate of drug-likeness (QED) is 0.803. The largest absolute Gasteiger partial charge is 0.409 e. The molecular weight excluding hydrogens is 363 g/mol. The van der Waals surface area contributed by atoms with Crippen LogP contribution in [0.15, 0.2) is 40.7 Å². The molecule has 1 aromatic heterocycles. The van der Waals surface area contributed by atoms with Crippen LogP contribution in [0.1, 0.15) is 23.5 Å². The highest BCUT2D eigenvalue weighted by atomic mass is 32.2. The van der Waals surface area contributed by atoms with Gasteiger partial charge in [-0.3, -0.25) is 0 Å². The zero-order valence-electron chi connectivity index (χ0n) is 12.4. The number of halogens is 3. The molecule has 5 nitrogen and oxygen atoms in total. The van der Waals surface area contributed by atoms with Crippen LogP contribution in [-0.2, 0) is 10.0 Å². The van der Waals surface area contributed by atoms with E-state index in [4.69, 9.17) is 5.26 Å². The number of aromatic nitrogens is 1. The highest BCUT2D eigenvalue weighted by molar-refractivity contribution is 7.91. The summed E-state index contributed by atoms with van der Waals surface area (Å²) in [6.07, 6.45) is -3.90. The Hall–Kier alpha value is -1.96. The van der Waals surface area contributed by atoms with Crippen molar-refractivity contribution in [2.45, 2.75) is 23.4 Å². The van der Waals surface area contributed by atoms with E-state index < -0.39 is 26.5 Å². The van der Waals surface area contributed by atoms with Crippen LogP contribution in [0, 0.1) is 11.3 Å². The molecule has 0 aliphatic heterocycles. The molecule has 0 saturated heterocycles. The van der Waals surface area contributed by atoms with E-state index in [1.54, 1.807) is 12.1 Å². The average molecular weight is 375 g/mol. The first-order chi connectivity index (χ1) is 11.2. The summed E-state index contributed by atoms with van der Waals surface area (Å²) in [5, 5.41) is 8.61. The average Bonchev–Trinajstić information content (AvgIpc) is 3.01. The molecule has 1 unspecified atom stereocenters.